The lowest BCUT2D eigenvalue weighted by Crippen LogP contribution is -2.70. The van der Waals surface area contributed by atoms with Gasteiger partial charge in [0.25, 0.3) is 0 Å². The third-order valence-electron chi connectivity index (χ3n) is 14.7. The number of carbonyl (C=O) groups is 2. The highest BCUT2D eigenvalue weighted by Crippen LogP contribution is 2.72. The minimum absolute atomic E-state index is 0.0383. The predicted molar refractivity (Wildman–Crippen MR) is 180 cm³/mol. The maximum absolute atomic E-state index is 13.4. The van der Waals surface area contributed by atoms with Crippen LogP contribution in [0.2, 0.25) is 0 Å². The molecule has 0 radical (unpaired) electrons. The van der Waals surface area contributed by atoms with E-state index in [2.05, 4.69) is 26.8 Å². The lowest BCUT2D eigenvalue weighted by atomic mass is 9.36. The molecule has 0 aromatic rings. The number of hydrogen-bond donors (Lipinski definition) is 4. The van der Waals surface area contributed by atoms with Gasteiger partial charge in [-0.3, -0.25) is 0 Å². The van der Waals surface area contributed by atoms with E-state index in [0.29, 0.717) is 36.3 Å². The van der Waals surface area contributed by atoms with Crippen molar-refractivity contribution >= 4 is 11.9 Å². The van der Waals surface area contributed by atoms with Crippen LogP contribution in [0, 0.1) is 50.7 Å². The Morgan fingerprint density at radius 3 is 1.94 bits per heavy atom. The zero-order valence-electron chi connectivity index (χ0n) is 30.1. The smallest absolute Gasteiger partial charge is 0.333 e. The molecule has 5 rings (SSSR count). The van der Waals surface area contributed by atoms with Crippen LogP contribution in [0.3, 0.4) is 0 Å². The standard InChI is InChI=1S/C39H60O8/c1-10-22(3)33(44)46-31-32(47-34(45)23(4)11-2)39(21-41)26(19-35(31,5)6)24-12-13-27-36(7,25(24)18-30(39)43)16-14-28-37(27,8)17-15-29(42)38(28,9)20-40/h10-12,25-32,40-43H,13-21H2,1-9H3/b22-10-,23-11-/t25?,26?,27?,28?,29-,30+,31-,32-,36-,37+,38+,39-/m0/s1. The quantitative estimate of drug-likeness (QED) is 0.163. The van der Waals surface area contributed by atoms with Crippen LogP contribution in [0.1, 0.15) is 107 Å². The fourth-order valence-corrected chi connectivity index (χ4v) is 11.5. The van der Waals surface area contributed by atoms with Gasteiger partial charge in [0.15, 0.2) is 6.10 Å². The molecule has 4 saturated carbocycles. The van der Waals surface area contributed by atoms with Crippen molar-refractivity contribution in [1.82, 2.24) is 0 Å². The summed E-state index contributed by atoms with van der Waals surface area (Å²) in [6, 6.07) is 0. The van der Waals surface area contributed by atoms with E-state index in [-0.39, 0.29) is 35.2 Å². The van der Waals surface area contributed by atoms with Gasteiger partial charge in [0.1, 0.15) is 6.10 Å². The Morgan fingerprint density at radius 1 is 0.809 bits per heavy atom. The molecule has 0 aromatic carbocycles. The molecule has 5 aliphatic carbocycles. The highest BCUT2D eigenvalue weighted by molar-refractivity contribution is 5.88. The zero-order valence-corrected chi connectivity index (χ0v) is 30.1. The molecule has 12 atom stereocenters. The van der Waals surface area contributed by atoms with Gasteiger partial charge in [0.2, 0.25) is 0 Å². The van der Waals surface area contributed by atoms with Crippen LogP contribution in [0.4, 0.5) is 0 Å². The van der Waals surface area contributed by atoms with Crippen molar-refractivity contribution in [2.75, 3.05) is 13.2 Å². The summed E-state index contributed by atoms with van der Waals surface area (Å²) in [5.74, 6) is -0.812. The zero-order chi connectivity index (χ0) is 34.9. The monoisotopic (exact) mass is 656 g/mol. The van der Waals surface area contributed by atoms with Crippen molar-refractivity contribution in [3.63, 3.8) is 0 Å². The summed E-state index contributed by atoms with van der Waals surface area (Å²) in [6.07, 6.45) is 7.36. The average Bonchev–Trinajstić information content (AvgIpc) is 3.03. The summed E-state index contributed by atoms with van der Waals surface area (Å²) in [7, 11) is 0. The van der Waals surface area contributed by atoms with E-state index in [1.54, 1.807) is 39.8 Å². The van der Waals surface area contributed by atoms with Crippen molar-refractivity contribution < 1.29 is 39.5 Å². The summed E-state index contributed by atoms with van der Waals surface area (Å²) in [4.78, 5) is 26.7. The molecule has 4 unspecified atom stereocenters. The fourth-order valence-electron chi connectivity index (χ4n) is 11.5. The second kappa shape index (κ2) is 12.4. The van der Waals surface area contributed by atoms with E-state index in [0.717, 1.165) is 25.7 Å². The van der Waals surface area contributed by atoms with Gasteiger partial charge in [-0.1, -0.05) is 58.4 Å². The first-order valence-corrected chi connectivity index (χ1v) is 17.9. The third-order valence-corrected chi connectivity index (χ3v) is 14.7. The highest BCUT2D eigenvalue weighted by atomic mass is 16.6. The van der Waals surface area contributed by atoms with Gasteiger partial charge in [-0.25, -0.2) is 9.59 Å². The number of aliphatic hydroxyl groups is 4. The number of allylic oxidation sites excluding steroid dienone is 4. The molecule has 0 aliphatic heterocycles. The Hall–Kier alpha value is -2.00. The number of aliphatic hydroxyl groups excluding tert-OH is 4. The number of rotatable bonds is 6. The fraction of sp³-hybridized carbons (Fsp3) is 0.795. The summed E-state index contributed by atoms with van der Waals surface area (Å²) in [5.41, 5.74) is -0.618. The van der Waals surface area contributed by atoms with Gasteiger partial charge in [-0.2, -0.15) is 0 Å². The van der Waals surface area contributed by atoms with Crippen molar-refractivity contribution in [2.45, 2.75) is 132 Å². The second-order valence-electron chi connectivity index (χ2n) is 17.2. The molecule has 4 N–H and O–H groups in total. The molecule has 0 aromatic heterocycles. The minimum Gasteiger partial charge on any atom is -0.454 e. The first-order valence-electron chi connectivity index (χ1n) is 17.9. The Labute approximate surface area is 281 Å². The minimum atomic E-state index is -1.26. The number of hydrogen-bond acceptors (Lipinski definition) is 8. The molecule has 0 bridgehead atoms. The highest BCUT2D eigenvalue weighted by Gasteiger charge is 2.71. The second-order valence-corrected chi connectivity index (χ2v) is 17.2. The van der Waals surface area contributed by atoms with Crippen molar-refractivity contribution in [1.29, 1.82) is 0 Å². The first-order chi connectivity index (χ1) is 21.9. The predicted octanol–water partition coefficient (Wildman–Crippen LogP) is 5.67. The molecule has 264 valence electrons. The van der Waals surface area contributed by atoms with Gasteiger partial charge in [0.05, 0.1) is 30.8 Å². The van der Waals surface area contributed by atoms with Crippen LogP contribution in [0.5, 0.6) is 0 Å². The molecule has 0 heterocycles. The molecule has 0 spiro atoms. The van der Waals surface area contributed by atoms with Crippen LogP contribution >= 0.6 is 0 Å². The lowest BCUT2D eigenvalue weighted by molar-refractivity contribution is -0.255. The van der Waals surface area contributed by atoms with Gasteiger partial charge in [-0.15, -0.1) is 0 Å². The van der Waals surface area contributed by atoms with E-state index in [1.807, 2.05) is 13.8 Å². The van der Waals surface area contributed by atoms with Crippen molar-refractivity contribution in [3.05, 3.63) is 34.9 Å². The maximum Gasteiger partial charge on any atom is 0.333 e. The van der Waals surface area contributed by atoms with Gasteiger partial charge in [0, 0.05) is 22.0 Å². The normalized spacial score (nSPS) is 46.2. The van der Waals surface area contributed by atoms with Gasteiger partial charge in [-0.05, 0) is 107 Å². The first kappa shape index (κ1) is 36.3. The van der Waals surface area contributed by atoms with E-state index >= 15 is 0 Å². The Balaban J connectivity index is 1.61. The molecule has 0 saturated heterocycles. The molecular weight excluding hydrogens is 596 g/mol. The van der Waals surface area contributed by atoms with Crippen LogP contribution in [0.15, 0.2) is 34.9 Å². The topological polar surface area (TPSA) is 134 Å². The van der Waals surface area contributed by atoms with Gasteiger partial charge < -0.3 is 29.9 Å². The number of esters is 2. The van der Waals surface area contributed by atoms with Crippen molar-refractivity contribution in [3.8, 4) is 0 Å². The number of carbonyl (C=O) groups excluding carboxylic acids is 2. The summed E-state index contributed by atoms with van der Waals surface area (Å²) >= 11 is 0. The maximum atomic E-state index is 13.4. The average molecular weight is 657 g/mol. The molecule has 8 nitrogen and oxygen atoms in total. The van der Waals surface area contributed by atoms with E-state index in [9.17, 15) is 30.0 Å². The number of fused-ring (bicyclic) bond motifs is 7. The number of ether oxygens (including phenoxy) is 2. The SMILES string of the molecule is C/C=C(/C)C(=O)O[C@H]1[C@H](OC(=O)/C(C)=C\C)[C@@]2(CO)C(CC1(C)C)C1=CCC3[C@@](C)(CCC4[C@]3(C)CC[C@H](O)[C@]4(C)CO)C1C[C@H]2O. The molecular formula is C39H60O8. The van der Waals surface area contributed by atoms with E-state index < -0.39 is 59.2 Å². The Bertz CT molecular complexity index is 1350. The largest absolute Gasteiger partial charge is 0.454 e. The summed E-state index contributed by atoms with van der Waals surface area (Å²) in [5, 5.41) is 45.4. The van der Waals surface area contributed by atoms with E-state index in [4.69, 9.17) is 9.47 Å². The van der Waals surface area contributed by atoms with Gasteiger partial charge >= 0.3 is 11.9 Å². The van der Waals surface area contributed by atoms with Crippen LogP contribution in [-0.2, 0) is 19.1 Å². The molecule has 8 heteroatoms. The third kappa shape index (κ3) is 5.21. The lowest BCUT2D eigenvalue weighted by Gasteiger charge is -2.69. The van der Waals surface area contributed by atoms with Crippen LogP contribution in [0.25, 0.3) is 0 Å². The van der Waals surface area contributed by atoms with Crippen LogP contribution < -0.4 is 0 Å². The Morgan fingerprint density at radius 2 is 1.38 bits per heavy atom. The Kier molecular flexibility index (Phi) is 9.57. The summed E-state index contributed by atoms with van der Waals surface area (Å²) < 4.78 is 12.5. The molecule has 0 amide bonds. The molecule has 4 fully saturated rings. The molecule has 47 heavy (non-hydrogen) atoms. The van der Waals surface area contributed by atoms with Crippen LogP contribution in [-0.4, -0.2) is 70.0 Å². The van der Waals surface area contributed by atoms with Crippen molar-refractivity contribution in [2.24, 2.45) is 50.7 Å². The summed E-state index contributed by atoms with van der Waals surface area (Å²) in [6.45, 7) is 17.3. The molecule has 5 aliphatic rings. The van der Waals surface area contributed by atoms with E-state index in [1.165, 1.54) is 5.57 Å².